The number of carbonyl (C=O) groups excluding carboxylic acids is 2. The topological polar surface area (TPSA) is 52.6 Å². The molecule has 0 N–H and O–H groups in total. The molecule has 0 radical (unpaired) electrons. The Morgan fingerprint density at radius 1 is 0.958 bits per heavy atom. The third kappa shape index (κ3) is 3.19. The van der Waals surface area contributed by atoms with Gasteiger partial charge in [0, 0.05) is 6.42 Å². The predicted octanol–water partition coefficient (Wildman–Crippen LogP) is 4.12. The van der Waals surface area contributed by atoms with E-state index < -0.39 is 17.4 Å². The van der Waals surface area contributed by atoms with Crippen LogP contribution in [-0.4, -0.2) is 26.2 Å². The molecule has 0 heterocycles. The van der Waals surface area contributed by atoms with Gasteiger partial charge >= 0.3 is 11.9 Å². The van der Waals surface area contributed by atoms with Gasteiger partial charge in [0.1, 0.15) is 0 Å². The van der Waals surface area contributed by atoms with E-state index >= 15 is 0 Å². The molecule has 0 aromatic rings. The second-order valence-electron chi connectivity index (χ2n) is 7.79. The first-order chi connectivity index (χ1) is 11.2. The zero-order valence-electron chi connectivity index (χ0n) is 15.6. The Hall–Kier alpha value is -1.84. The van der Waals surface area contributed by atoms with Gasteiger partial charge in [-0.25, -0.2) is 0 Å². The lowest BCUT2D eigenvalue weighted by Crippen LogP contribution is -2.44. The van der Waals surface area contributed by atoms with E-state index in [1.54, 1.807) is 0 Å². The van der Waals surface area contributed by atoms with Gasteiger partial charge in [-0.15, -0.1) is 0 Å². The van der Waals surface area contributed by atoms with Crippen molar-refractivity contribution in [3.63, 3.8) is 0 Å². The van der Waals surface area contributed by atoms with Crippen LogP contribution in [0.2, 0.25) is 0 Å². The quantitative estimate of drug-likeness (QED) is 0.564. The molecule has 0 saturated heterocycles. The summed E-state index contributed by atoms with van der Waals surface area (Å²) in [4.78, 5) is 25.0. The van der Waals surface area contributed by atoms with Gasteiger partial charge in [0.15, 0.2) is 5.41 Å². The van der Waals surface area contributed by atoms with Crippen LogP contribution < -0.4 is 0 Å². The maximum absolute atomic E-state index is 12.5. The summed E-state index contributed by atoms with van der Waals surface area (Å²) in [5.41, 5.74) is 3.43. The smallest absolute Gasteiger partial charge is 0.323 e. The average Bonchev–Trinajstić information content (AvgIpc) is 2.53. The van der Waals surface area contributed by atoms with Gasteiger partial charge in [-0.2, -0.15) is 0 Å². The van der Waals surface area contributed by atoms with E-state index in [2.05, 4.69) is 26.0 Å². The SMILES string of the molecule is COC(=O)C1(C(=O)OC)CC(C)=C2CC(C)(C)C/C=C\C(C)=C/2C1. The van der Waals surface area contributed by atoms with Gasteiger partial charge in [-0.05, 0) is 55.2 Å². The van der Waals surface area contributed by atoms with E-state index in [0.717, 1.165) is 29.6 Å². The summed E-state index contributed by atoms with van der Waals surface area (Å²) in [6.45, 7) is 8.56. The Kier molecular flexibility index (Phi) is 5.07. The molecule has 4 heteroatoms. The van der Waals surface area contributed by atoms with Crippen molar-refractivity contribution in [3.05, 3.63) is 34.4 Å². The van der Waals surface area contributed by atoms with Crippen molar-refractivity contribution in [1.29, 1.82) is 0 Å². The fourth-order valence-electron chi connectivity index (χ4n) is 3.89. The standard InChI is InChI=1S/C20H28O4/c1-13-8-7-9-19(3,4)11-15-14(2)10-20(12-16(13)15,17(21)23-5)18(22)24-6/h7-8H,9-12H2,1-6H3/b8-7-,16-13-. The normalized spacial score (nSPS) is 26.8. The van der Waals surface area contributed by atoms with E-state index in [1.165, 1.54) is 19.8 Å². The van der Waals surface area contributed by atoms with E-state index in [0.29, 0.717) is 12.8 Å². The molecule has 2 aliphatic carbocycles. The molecule has 2 aliphatic rings. The second kappa shape index (κ2) is 6.58. The summed E-state index contributed by atoms with van der Waals surface area (Å²) >= 11 is 0. The van der Waals surface area contributed by atoms with Gasteiger partial charge in [0.05, 0.1) is 14.2 Å². The molecule has 132 valence electrons. The highest BCUT2D eigenvalue weighted by molar-refractivity contribution is 6.01. The van der Waals surface area contributed by atoms with Crippen LogP contribution in [0, 0.1) is 10.8 Å². The first kappa shape index (κ1) is 18.5. The van der Waals surface area contributed by atoms with Crippen molar-refractivity contribution in [1.82, 2.24) is 0 Å². The van der Waals surface area contributed by atoms with Gasteiger partial charge in [-0.3, -0.25) is 9.59 Å². The molecule has 0 bridgehead atoms. The van der Waals surface area contributed by atoms with Crippen LogP contribution in [0.1, 0.15) is 53.4 Å². The van der Waals surface area contributed by atoms with Crippen LogP contribution in [0.25, 0.3) is 0 Å². The first-order valence-electron chi connectivity index (χ1n) is 8.39. The number of allylic oxidation sites excluding steroid dienone is 6. The molecule has 0 spiro atoms. The molecule has 0 aromatic heterocycles. The molecule has 0 aliphatic heterocycles. The minimum Gasteiger partial charge on any atom is -0.468 e. The van der Waals surface area contributed by atoms with Crippen LogP contribution in [0.5, 0.6) is 0 Å². The van der Waals surface area contributed by atoms with Crippen molar-refractivity contribution in [2.24, 2.45) is 10.8 Å². The highest BCUT2D eigenvalue weighted by Crippen LogP contribution is 2.49. The molecule has 4 nitrogen and oxygen atoms in total. The summed E-state index contributed by atoms with van der Waals surface area (Å²) in [7, 11) is 2.65. The van der Waals surface area contributed by atoms with E-state index in [-0.39, 0.29) is 5.41 Å². The number of esters is 2. The zero-order valence-corrected chi connectivity index (χ0v) is 15.6. The van der Waals surface area contributed by atoms with Gasteiger partial charge in [-0.1, -0.05) is 31.6 Å². The number of methoxy groups -OCH3 is 2. The molecule has 0 unspecified atom stereocenters. The molecular weight excluding hydrogens is 304 g/mol. The average molecular weight is 332 g/mol. The van der Waals surface area contributed by atoms with Crippen LogP contribution in [0.15, 0.2) is 34.4 Å². The van der Waals surface area contributed by atoms with E-state index in [4.69, 9.17) is 9.47 Å². The van der Waals surface area contributed by atoms with Crippen molar-refractivity contribution >= 4 is 11.9 Å². The minimum atomic E-state index is -1.27. The highest BCUT2D eigenvalue weighted by Gasteiger charge is 2.52. The van der Waals surface area contributed by atoms with Crippen molar-refractivity contribution in [2.75, 3.05) is 14.2 Å². The number of carbonyl (C=O) groups is 2. The fraction of sp³-hybridized carbons (Fsp3) is 0.600. The van der Waals surface area contributed by atoms with Gasteiger partial charge < -0.3 is 9.47 Å². The number of hydrogen-bond acceptors (Lipinski definition) is 4. The third-order valence-electron chi connectivity index (χ3n) is 5.25. The largest absolute Gasteiger partial charge is 0.468 e. The predicted molar refractivity (Wildman–Crippen MR) is 93.3 cm³/mol. The summed E-state index contributed by atoms with van der Waals surface area (Å²) < 4.78 is 9.95. The Morgan fingerprint density at radius 3 is 2.08 bits per heavy atom. The minimum absolute atomic E-state index is 0.148. The number of hydrogen-bond donors (Lipinski definition) is 0. The third-order valence-corrected chi connectivity index (χ3v) is 5.25. The lowest BCUT2D eigenvalue weighted by atomic mass is 9.65. The maximum atomic E-state index is 12.5. The number of fused-ring (bicyclic) bond motifs is 1. The highest BCUT2D eigenvalue weighted by atomic mass is 16.5. The number of rotatable bonds is 2. The Labute approximate surface area is 144 Å². The van der Waals surface area contributed by atoms with Crippen LogP contribution in [0.4, 0.5) is 0 Å². The Balaban J connectivity index is 2.64. The Morgan fingerprint density at radius 2 is 1.54 bits per heavy atom. The summed E-state index contributed by atoms with van der Waals surface area (Å²) in [5, 5.41) is 0. The van der Waals surface area contributed by atoms with Gasteiger partial charge in [0.2, 0.25) is 0 Å². The van der Waals surface area contributed by atoms with Crippen molar-refractivity contribution in [3.8, 4) is 0 Å². The Bertz CT molecular complexity index is 631. The summed E-state index contributed by atoms with van der Waals surface area (Å²) in [6, 6.07) is 0. The molecule has 0 atom stereocenters. The monoisotopic (exact) mass is 332 g/mol. The second-order valence-corrected chi connectivity index (χ2v) is 7.79. The maximum Gasteiger partial charge on any atom is 0.323 e. The summed E-state index contributed by atoms with van der Waals surface area (Å²) in [5.74, 6) is -1.03. The van der Waals surface area contributed by atoms with Gasteiger partial charge in [0.25, 0.3) is 0 Å². The molecule has 0 saturated carbocycles. The zero-order chi connectivity index (χ0) is 18.1. The van der Waals surface area contributed by atoms with Crippen molar-refractivity contribution in [2.45, 2.75) is 53.4 Å². The van der Waals surface area contributed by atoms with Crippen LogP contribution in [-0.2, 0) is 19.1 Å². The van der Waals surface area contributed by atoms with E-state index in [1.807, 2.05) is 13.8 Å². The number of ether oxygens (including phenoxy) is 2. The molecule has 0 fully saturated rings. The van der Waals surface area contributed by atoms with Crippen LogP contribution in [0.3, 0.4) is 0 Å². The van der Waals surface area contributed by atoms with Crippen LogP contribution >= 0.6 is 0 Å². The summed E-state index contributed by atoms with van der Waals surface area (Å²) in [6.07, 6.45) is 6.93. The first-order valence-corrected chi connectivity index (χ1v) is 8.39. The molecule has 24 heavy (non-hydrogen) atoms. The molecular formula is C20H28O4. The lowest BCUT2D eigenvalue weighted by molar-refractivity contribution is -0.169. The molecule has 2 rings (SSSR count). The molecule has 0 aromatic carbocycles. The van der Waals surface area contributed by atoms with E-state index in [9.17, 15) is 9.59 Å². The lowest BCUT2D eigenvalue weighted by Gasteiger charge is -2.39. The van der Waals surface area contributed by atoms with Crippen molar-refractivity contribution < 1.29 is 19.1 Å². The fourth-order valence-corrected chi connectivity index (χ4v) is 3.89. The molecule has 0 amide bonds.